The van der Waals surface area contributed by atoms with Crippen molar-refractivity contribution < 1.29 is 18.7 Å². The Kier molecular flexibility index (Phi) is 5.60. The lowest BCUT2D eigenvalue weighted by Gasteiger charge is -2.37. The minimum absolute atomic E-state index is 0.0298. The summed E-state index contributed by atoms with van der Waals surface area (Å²) in [5.74, 6) is 0.476. The minimum Gasteiger partial charge on any atom is -0.476 e. The molecular formula is C26H28N2O4. The number of carbonyl (C=O) groups excluding carboxylic acids is 2. The third kappa shape index (κ3) is 3.85. The summed E-state index contributed by atoms with van der Waals surface area (Å²) in [6.45, 7) is 3.84. The van der Waals surface area contributed by atoms with Crippen LogP contribution in [0.2, 0.25) is 0 Å². The largest absolute Gasteiger partial charge is 0.476 e. The normalized spacial score (nSPS) is 18.3. The molecule has 0 spiro atoms. The molecule has 6 heteroatoms. The summed E-state index contributed by atoms with van der Waals surface area (Å²) in [6, 6.07) is 13.6. The van der Waals surface area contributed by atoms with Gasteiger partial charge in [-0.2, -0.15) is 0 Å². The van der Waals surface area contributed by atoms with Gasteiger partial charge in [-0.15, -0.1) is 0 Å². The zero-order valence-electron chi connectivity index (χ0n) is 18.4. The SMILES string of the molecule is CCc1ccc2c(CC(=O)N3C[C@@H](C(=O)N4CCCCC4)Oc4ccccc43)coc2c1. The zero-order valence-corrected chi connectivity index (χ0v) is 18.4. The lowest BCUT2D eigenvalue weighted by atomic mass is 10.1. The van der Waals surface area contributed by atoms with Gasteiger partial charge in [0.25, 0.3) is 5.91 Å². The smallest absolute Gasteiger partial charge is 0.265 e. The Morgan fingerprint density at radius 1 is 1.06 bits per heavy atom. The number of ether oxygens (including phenoxy) is 1. The van der Waals surface area contributed by atoms with Gasteiger partial charge in [-0.3, -0.25) is 9.59 Å². The van der Waals surface area contributed by atoms with Crippen molar-refractivity contribution in [2.45, 2.75) is 45.1 Å². The third-order valence-corrected chi connectivity index (χ3v) is 6.49. The van der Waals surface area contributed by atoms with Crippen LogP contribution in [0.25, 0.3) is 11.0 Å². The van der Waals surface area contributed by atoms with E-state index in [0.29, 0.717) is 11.4 Å². The van der Waals surface area contributed by atoms with Crippen molar-refractivity contribution in [3.05, 3.63) is 59.9 Å². The van der Waals surface area contributed by atoms with Crippen LogP contribution in [-0.4, -0.2) is 42.5 Å². The number of para-hydroxylation sites is 2. The van der Waals surface area contributed by atoms with E-state index >= 15 is 0 Å². The van der Waals surface area contributed by atoms with Crippen molar-refractivity contribution in [1.29, 1.82) is 0 Å². The van der Waals surface area contributed by atoms with E-state index in [1.165, 1.54) is 5.56 Å². The maximum atomic E-state index is 13.4. The molecule has 0 bridgehead atoms. The van der Waals surface area contributed by atoms with Crippen molar-refractivity contribution in [3.8, 4) is 5.75 Å². The van der Waals surface area contributed by atoms with E-state index in [2.05, 4.69) is 13.0 Å². The van der Waals surface area contributed by atoms with E-state index in [1.807, 2.05) is 41.3 Å². The second-order valence-corrected chi connectivity index (χ2v) is 8.59. The number of amides is 2. The lowest BCUT2D eigenvalue weighted by molar-refractivity contribution is -0.139. The quantitative estimate of drug-likeness (QED) is 0.615. The molecule has 0 aliphatic carbocycles. The van der Waals surface area contributed by atoms with Gasteiger partial charge in [0, 0.05) is 24.0 Å². The number of benzene rings is 2. The molecule has 5 rings (SSSR count). The second-order valence-electron chi connectivity index (χ2n) is 8.59. The number of nitrogens with zero attached hydrogens (tertiary/aromatic N) is 2. The van der Waals surface area contributed by atoms with Crippen molar-refractivity contribution in [3.63, 3.8) is 0 Å². The first-order valence-electron chi connectivity index (χ1n) is 11.5. The average Bonchev–Trinajstić information content (AvgIpc) is 3.25. The van der Waals surface area contributed by atoms with E-state index in [0.717, 1.165) is 55.3 Å². The fraction of sp³-hybridized carbons (Fsp3) is 0.385. The van der Waals surface area contributed by atoms with Crippen LogP contribution >= 0.6 is 0 Å². The van der Waals surface area contributed by atoms with Crippen LogP contribution < -0.4 is 9.64 Å². The number of piperidine rings is 1. The Morgan fingerprint density at radius 3 is 2.69 bits per heavy atom. The van der Waals surface area contributed by atoms with Gasteiger partial charge in [0.15, 0.2) is 6.10 Å². The topological polar surface area (TPSA) is 63.0 Å². The van der Waals surface area contributed by atoms with E-state index in [9.17, 15) is 9.59 Å². The van der Waals surface area contributed by atoms with Gasteiger partial charge in [0.05, 0.1) is 24.9 Å². The van der Waals surface area contributed by atoms with Crippen molar-refractivity contribution in [2.24, 2.45) is 0 Å². The maximum absolute atomic E-state index is 13.4. The maximum Gasteiger partial charge on any atom is 0.265 e. The summed E-state index contributed by atoms with van der Waals surface area (Å²) in [4.78, 5) is 30.1. The number of hydrogen-bond acceptors (Lipinski definition) is 4. The number of rotatable bonds is 4. The average molecular weight is 433 g/mol. The Labute approximate surface area is 187 Å². The van der Waals surface area contributed by atoms with Gasteiger partial charge in [-0.25, -0.2) is 0 Å². The Hall–Kier alpha value is -3.28. The summed E-state index contributed by atoms with van der Waals surface area (Å²) in [5, 5.41) is 0.957. The first kappa shape index (κ1) is 20.6. The molecule has 0 unspecified atom stereocenters. The van der Waals surface area contributed by atoms with E-state index < -0.39 is 6.10 Å². The highest BCUT2D eigenvalue weighted by atomic mass is 16.5. The number of carbonyl (C=O) groups is 2. The van der Waals surface area contributed by atoms with Gasteiger partial charge in [0.1, 0.15) is 11.3 Å². The van der Waals surface area contributed by atoms with Crippen LogP contribution in [0.3, 0.4) is 0 Å². The van der Waals surface area contributed by atoms with Crippen LogP contribution in [0.5, 0.6) is 5.75 Å². The Morgan fingerprint density at radius 2 is 1.88 bits per heavy atom. The first-order valence-corrected chi connectivity index (χ1v) is 11.5. The van der Waals surface area contributed by atoms with Gasteiger partial charge in [-0.05, 0) is 49.4 Å². The number of aryl methyl sites for hydroxylation is 1. The molecule has 0 saturated carbocycles. The molecule has 0 N–H and O–H groups in total. The third-order valence-electron chi connectivity index (χ3n) is 6.49. The predicted octanol–water partition coefficient (Wildman–Crippen LogP) is 4.34. The molecule has 32 heavy (non-hydrogen) atoms. The van der Waals surface area contributed by atoms with Crippen molar-refractivity contribution in [2.75, 3.05) is 24.5 Å². The number of anilines is 1. The molecule has 1 saturated heterocycles. The van der Waals surface area contributed by atoms with Gasteiger partial charge in [0.2, 0.25) is 5.91 Å². The van der Waals surface area contributed by atoms with Crippen LogP contribution in [-0.2, 0) is 22.4 Å². The zero-order chi connectivity index (χ0) is 22.1. The molecule has 2 aromatic carbocycles. The van der Waals surface area contributed by atoms with Crippen LogP contribution in [0.4, 0.5) is 5.69 Å². The minimum atomic E-state index is -0.680. The summed E-state index contributed by atoms with van der Waals surface area (Å²) < 4.78 is 11.8. The standard InChI is InChI=1S/C26H28N2O4/c1-2-18-10-11-20-19(17-31-23(20)14-18)15-25(29)28-16-24(26(30)27-12-6-3-7-13-27)32-22-9-5-4-8-21(22)28/h4-5,8-11,14,17,24H,2-3,6-7,12-13,15-16H2,1H3/t24-/m0/s1. The number of hydrogen-bond donors (Lipinski definition) is 0. The molecule has 6 nitrogen and oxygen atoms in total. The summed E-state index contributed by atoms with van der Waals surface area (Å²) in [7, 11) is 0. The lowest BCUT2D eigenvalue weighted by Crippen LogP contribution is -2.53. The van der Waals surface area contributed by atoms with E-state index in [4.69, 9.17) is 9.15 Å². The number of furan rings is 1. The molecule has 2 aliphatic heterocycles. The van der Waals surface area contributed by atoms with E-state index in [1.54, 1.807) is 11.2 Å². The highest BCUT2D eigenvalue weighted by Crippen LogP contribution is 2.34. The molecule has 0 radical (unpaired) electrons. The molecule has 3 aromatic rings. The fourth-order valence-electron chi connectivity index (χ4n) is 4.66. The second kappa shape index (κ2) is 8.69. The molecular weight excluding hydrogens is 404 g/mol. The van der Waals surface area contributed by atoms with Gasteiger partial charge in [-0.1, -0.05) is 31.2 Å². The molecule has 166 valence electrons. The van der Waals surface area contributed by atoms with Gasteiger partial charge < -0.3 is 19.0 Å². The fourth-order valence-corrected chi connectivity index (χ4v) is 4.66. The molecule has 2 aliphatic rings. The van der Waals surface area contributed by atoms with Crippen LogP contribution in [0, 0.1) is 0 Å². The Bertz CT molecular complexity index is 1150. The van der Waals surface area contributed by atoms with Crippen LogP contribution in [0.15, 0.2) is 53.1 Å². The molecule has 3 heterocycles. The summed E-state index contributed by atoms with van der Waals surface area (Å²) in [5.41, 5.74) is 3.57. The van der Waals surface area contributed by atoms with Crippen LogP contribution in [0.1, 0.15) is 37.3 Å². The molecule has 1 fully saturated rings. The highest BCUT2D eigenvalue weighted by Gasteiger charge is 2.36. The molecule has 1 aromatic heterocycles. The highest BCUT2D eigenvalue weighted by molar-refractivity contribution is 6.00. The monoisotopic (exact) mass is 432 g/mol. The predicted molar refractivity (Wildman–Crippen MR) is 123 cm³/mol. The first-order chi connectivity index (χ1) is 15.6. The van der Waals surface area contributed by atoms with Crippen molar-refractivity contribution in [1.82, 2.24) is 4.90 Å². The molecule has 2 amide bonds. The van der Waals surface area contributed by atoms with Crippen molar-refractivity contribution >= 4 is 28.5 Å². The number of likely N-dealkylation sites (tertiary alicyclic amines) is 1. The molecule has 1 atom stereocenters. The Balaban J connectivity index is 1.40. The van der Waals surface area contributed by atoms with E-state index in [-0.39, 0.29) is 24.8 Å². The van der Waals surface area contributed by atoms with Gasteiger partial charge >= 0.3 is 0 Å². The summed E-state index contributed by atoms with van der Waals surface area (Å²) in [6.07, 6.45) is 5.32. The summed E-state index contributed by atoms with van der Waals surface area (Å²) >= 11 is 0. The number of fused-ring (bicyclic) bond motifs is 2.